The Hall–Kier alpha value is -5.50. The first-order valence-electron chi connectivity index (χ1n) is 16.4. The van der Waals surface area contributed by atoms with Crippen molar-refractivity contribution < 1.29 is 29.3 Å². The van der Waals surface area contributed by atoms with E-state index in [2.05, 4.69) is 63.6 Å². The number of amides is 2. The normalized spacial score (nSPS) is 11.0. The summed E-state index contributed by atoms with van der Waals surface area (Å²) >= 11 is 0. The molecule has 0 aromatic heterocycles. The molecule has 8 nitrogen and oxygen atoms in total. The van der Waals surface area contributed by atoms with Crippen LogP contribution in [0.5, 0.6) is 23.0 Å². The van der Waals surface area contributed by atoms with Crippen LogP contribution in [0, 0.1) is 13.8 Å². The van der Waals surface area contributed by atoms with E-state index in [9.17, 15) is 19.8 Å². The number of nitrogens with one attached hydrogen (secondary N) is 2. The summed E-state index contributed by atoms with van der Waals surface area (Å²) < 4.78 is 11.4. The summed E-state index contributed by atoms with van der Waals surface area (Å²) in [7, 11) is 0. The standard InChI is InChI=1S/C24H29NO3.C18H21NO3/c1-7-13-27-22-11-9-19(15-17(22)3)24(5,6)20-10-12-23(28-14-8-2)21(16-20)25-18(4)26;1-11-9-13(5-7-16(11)21)18(3,4)14-6-8-17(22)15(10-14)19-12(2)20/h7-12,15-16H,1-2,13-14H2,3-6H3,(H,25,26);5-10,21-22H,1-4H3,(H,19,20). The fourth-order valence-corrected chi connectivity index (χ4v) is 5.42. The molecule has 0 heterocycles. The zero-order chi connectivity index (χ0) is 37.2. The van der Waals surface area contributed by atoms with E-state index in [0.717, 1.165) is 39.1 Å². The Balaban J connectivity index is 0.000000278. The molecule has 4 rings (SSSR count). The molecule has 264 valence electrons. The Bertz CT molecular complexity index is 1860. The molecule has 0 spiro atoms. The van der Waals surface area contributed by atoms with Crippen LogP contribution >= 0.6 is 0 Å². The second-order valence-electron chi connectivity index (χ2n) is 13.2. The lowest BCUT2D eigenvalue weighted by molar-refractivity contribution is -0.115. The van der Waals surface area contributed by atoms with E-state index in [4.69, 9.17) is 9.47 Å². The maximum Gasteiger partial charge on any atom is 0.221 e. The number of aromatic hydroxyl groups is 2. The van der Waals surface area contributed by atoms with Crippen LogP contribution in [0.3, 0.4) is 0 Å². The summed E-state index contributed by atoms with van der Waals surface area (Å²) in [6, 6.07) is 22.8. The number of phenols is 2. The fourth-order valence-electron chi connectivity index (χ4n) is 5.42. The van der Waals surface area contributed by atoms with Gasteiger partial charge >= 0.3 is 0 Å². The van der Waals surface area contributed by atoms with Gasteiger partial charge in [-0.15, -0.1) is 0 Å². The van der Waals surface area contributed by atoms with Gasteiger partial charge in [0.15, 0.2) is 0 Å². The van der Waals surface area contributed by atoms with Crippen molar-refractivity contribution in [2.24, 2.45) is 0 Å². The quantitative estimate of drug-likeness (QED) is 0.0877. The highest BCUT2D eigenvalue weighted by atomic mass is 16.5. The van der Waals surface area contributed by atoms with E-state index in [1.807, 2.05) is 56.3 Å². The summed E-state index contributed by atoms with van der Waals surface area (Å²) in [5.74, 6) is 1.41. The van der Waals surface area contributed by atoms with Crippen molar-refractivity contribution in [3.05, 3.63) is 131 Å². The summed E-state index contributed by atoms with van der Waals surface area (Å²) in [5.41, 5.74) is 6.56. The van der Waals surface area contributed by atoms with Gasteiger partial charge in [-0.1, -0.05) is 89.4 Å². The summed E-state index contributed by atoms with van der Waals surface area (Å²) in [6.45, 7) is 23.4. The van der Waals surface area contributed by atoms with Crippen molar-refractivity contribution >= 4 is 23.2 Å². The highest BCUT2D eigenvalue weighted by Gasteiger charge is 2.26. The molecule has 0 aliphatic carbocycles. The third-order valence-electron chi connectivity index (χ3n) is 8.57. The number of carbonyl (C=O) groups excluding carboxylic acids is 2. The molecule has 4 aromatic rings. The first kappa shape index (κ1) is 38.9. The number of benzene rings is 4. The third-order valence-corrected chi connectivity index (χ3v) is 8.57. The number of hydrogen-bond acceptors (Lipinski definition) is 6. The van der Waals surface area contributed by atoms with Gasteiger partial charge in [0.1, 0.15) is 36.2 Å². The number of anilines is 2. The molecule has 8 heteroatoms. The number of hydrogen-bond donors (Lipinski definition) is 4. The largest absolute Gasteiger partial charge is 0.508 e. The summed E-state index contributed by atoms with van der Waals surface area (Å²) in [4.78, 5) is 22.9. The Morgan fingerprint density at radius 1 is 0.620 bits per heavy atom. The van der Waals surface area contributed by atoms with Gasteiger partial charge in [-0.25, -0.2) is 0 Å². The van der Waals surface area contributed by atoms with Gasteiger partial charge in [-0.2, -0.15) is 0 Å². The van der Waals surface area contributed by atoms with Gasteiger partial charge in [0, 0.05) is 24.7 Å². The number of phenolic OH excluding ortho intramolecular Hbond substituents is 2. The van der Waals surface area contributed by atoms with Crippen LogP contribution in [0.25, 0.3) is 0 Å². The van der Waals surface area contributed by atoms with Crippen LogP contribution < -0.4 is 20.1 Å². The van der Waals surface area contributed by atoms with E-state index in [1.165, 1.54) is 13.8 Å². The van der Waals surface area contributed by atoms with E-state index in [1.54, 1.807) is 30.4 Å². The lowest BCUT2D eigenvalue weighted by atomic mass is 9.77. The highest BCUT2D eigenvalue weighted by Crippen LogP contribution is 2.39. The van der Waals surface area contributed by atoms with Gasteiger partial charge in [0.05, 0.1) is 11.4 Å². The van der Waals surface area contributed by atoms with Crippen molar-refractivity contribution in [2.75, 3.05) is 23.8 Å². The van der Waals surface area contributed by atoms with Crippen molar-refractivity contribution in [1.82, 2.24) is 0 Å². The Morgan fingerprint density at radius 2 is 1.02 bits per heavy atom. The number of rotatable bonds is 12. The first-order valence-corrected chi connectivity index (χ1v) is 16.4. The molecule has 4 N–H and O–H groups in total. The second-order valence-corrected chi connectivity index (χ2v) is 13.2. The molecular weight excluding hydrogens is 628 g/mol. The van der Waals surface area contributed by atoms with Gasteiger partial charge in [0.2, 0.25) is 11.8 Å². The average Bonchev–Trinajstić information content (AvgIpc) is 3.05. The molecule has 0 unspecified atom stereocenters. The fraction of sp³-hybridized carbons (Fsp3) is 0.286. The van der Waals surface area contributed by atoms with Crippen LogP contribution in [0.15, 0.2) is 98.1 Å². The Labute approximate surface area is 296 Å². The zero-order valence-corrected chi connectivity index (χ0v) is 30.4. The second kappa shape index (κ2) is 16.7. The molecule has 0 bridgehead atoms. The van der Waals surface area contributed by atoms with Crippen LogP contribution in [-0.4, -0.2) is 35.2 Å². The SMILES string of the molecule is C=CCOc1ccc(C(C)(C)c2ccc(OCC=C)c(NC(C)=O)c2)cc1C.CC(=O)Nc1cc(C(C)(C)c2ccc(O)c(C)c2)ccc1O. The van der Waals surface area contributed by atoms with Crippen LogP contribution in [0.1, 0.15) is 74.9 Å². The van der Waals surface area contributed by atoms with Gasteiger partial charge in [0.25, 0.3) is 0 Å². The number of ether oxygens (including phenoxy) is 2. The van der Waals surface area contributed by atoms with Crippen LogP contribution in [0.2, 0.25) is 0 Å². The van der Waals surface area contributed by atoms with Crippen LogP contribution in [-0.2, 0) is 20.4 Å². The minimum Gasteiger partial charge on any atom is -0.508 e. The highest BCUT2D eigenvalue weighted by molar-refractivity contribution is 5.91. The molecule has 50 heavy (non-hydrogen) atoms. The molecule has 0 fully saturated rings. The van der Waals surface area contributed by atoms with Crippen molar-refractivity contribution in [3.8, 4) is 23.0 Å². The maximum absolute atomic E-state index is 11.6. The monoisotopic (exact) mass is 678 g/mol. The smallest absolute Gasteiger partial charge is 0.221 e. The van der Waals surface area contributed by atoms with Gasteiger partial charge in [-0.05, 0) is 83.6 Å². The van der Waals surface area contributed by atoms with Gasteiger partial charge < -0.3 is 30.3 Å². The Kier molecular flexibility index (Phi) is 13.0. The number of carbonyl (C=O) groups is 2. The molecule has 0 radical (unpaired) electrons. The molecular formula is C42H50N2O6. The topological polar surface area (TPSA) is 117 Å². The van der Waals surface area contributed by atoms with Crippen molar-refractivity contribution in [2.45, 2.75) is 66.2 Å². The van der Waals surface area contributed by atoms with E-state index in [-0.39, 0.29) is 34.1 Å². The average molecular weight is 679 g/mol. The van der Waals surface area contributed by atoms with Crippen molar-refractivity contribution in [3.63, 3.8) is 0 Å². The lowest BCUT2D eigenvalue weighted by Crippen LogP contribution is -2.20. The predicted molar refractivity (Wildman–Crippen MR) is 203 cm³/mol. The molecule has 0 saturated heterocycles. The van der Waals surface area contributed by atoms with E-state index in [0.29, 0.717) is 30.3 Å². The molecule has 0 atom stereocenters. The lowest BCUT2D eigenvalue weighted by Gasteiger charge is -2.28. The minimum absolute atomic E-state index is 0.0386. The maximum atomic E-state index is 11.6. The summed E-state index contributed by atoms with van der Waals surface area (Å²) in [6.07, 6.45) is 3.41. The first-order chi connectivity index (χ1) is 23.5. The predicted octanol–water partition coefficient (Wildman–Crippen LogP) is 9.10. The van der Waals surface area contributed by atoms with E-state index >= 15 is 0 Å². The molecule has 0 aliphatic rings. The molecule has 0 saturated carbocycles. The number of aryl methyl sites for hydroxylation is 2. The molecule has 0 aliphatic heterocycles. The van der Waals surface area contributed by atoms with Gasteiger partial charge in [-0.3, -0.25) is 9.59 Å². The zero-order valence-electron chi connectivity index (χ0n) is 30.4. The van der Waals surface area contributed by atoms with Crippen molar-refractivity contribution in [1.29, 1.82) is 0 Å². The Morgan fingerprint density at radius 3 is 1.50 bits per heavy atom. The summed E-state index contributed by atoms with van der Waals surface area (Å²) in [5, 5.41) is 25.0. The molecule has 2 amide bonds. The van der Waals surface area contributed by atoms with E-state index < -0.39 is 0 Å². The molecule has 4 aromatic carbocycles. The van der Waals surface area contributed by atoms with Crippen LogP contribution in [0.4, 0.5) is 11.4 Å². The third kappa shape index (κ3) is 9.78. The minimum atomic E-state index is -0.334.